The third-order valence-corrected chi connectivity index (χ3v) is 2.16. The van der Waals surface area contributed by atoms with Gasteiger partial charge in [0.25, 0.3) is 0 Å². The van der Waals surface area contributed by atoms with Crippen LogP contribution in [0, 0.1) is 0 Å². The molecule has 0 unspecified atom stereocenters. The molecule has 0 aromatic rings. The highest BCUT2D eigenvalue weighted by Gasteiger charge is 1.98. The van der Waals surface area contributed by atoms with E-state index in [9.17, 15) is 9.59 Å². The van der Waals surface area contributed by atoms with Crippen LogP contribution in [0.5, 0.6) is 0 Å². The lowest BCUT2D eigenvalue weighted by Gasteiger charge is -2.08. The van der Waals surface area contributed by atoms with Gasteiger partial charge in [-0.05, 0) is 6.42 Å². The first-order valence-electron chi connectivity index (χ1n) is 6.01. The number of primary amides is 1. The van der Waals surface area contributed by atoms with Crippen LogP contribution in [0.2, 0.25) is 0 Å². The summed E-state index contributed by atoms with van der Waals surface area (Å²) in [5.74, 6) is 0. The topological polar surface area (TPSA) is 108 Å². The standard InChI is InChI=1S/C10H23N5O2/c1-2-3-4-5-6-7-8-12-14-10(17)15-13-9(11)16/h12H,2-8H2,1H3,(H3,11,13,16)(H2,14,15,17). The normalized spacial score (nSPS) is 9.71. The molecule has 0 fully saturated rings. The number of hydrogen-bond acceptors (Lipinski definition) is 3. The van der Waals surface area contributed by atoms with Crippen LogP contribution in [-0.2, 0) is 0 Å². The second-order valence-corrected chi connectivity index (χ2v) is 3.76. The van der Waals surface area contributed by atoms with E-state index in [4.69, 9.17) is 5.73 Å². The Balaban J connectivity index is 3.16. The summed E-state index contributed by atoms with van der Waals surface area (Å²) >= 11 is 0. The number of nitrogens with one attached hydrogen (secondary N) is 4. The Labute approximate surface area is 102 Å². The first-order chi connectivity index (χ1) is 8.16. The molecular formula is C10H23N5O2. The highest BCUT2D eigenvalue weighted by atomic mass is 16.2. The summed E-state index contributed by atoms with van der Waals surface area (Å²) < 4.78 is 0. The van der Waals surface area contributed by atoms with Crippen molar-refractivity contribution in [2.75, 3.05) is 6.54 Å². The maximum Gasteiger partial charge on any atom is 0.347 e. The lowest BCUT2D eigenvalue weighted by Crippen LogP contribution is -2.52. The van der Waals surface area contributed by atoms with Gasteiger partial charge in [-0.3, -0.25) is 5.43 Å². The minimum atomic E-state index is -0.809. The van der Waals surface area contributed by atoms with Crippen molar-refractivity contribution in [1.82, 2.24) is 21.7 Å². The number of carbonyl (C=O) groups excluding carboxylic acids is 2. The fraction of sp³-hybridized carbons (Fsp3) is 0.800. The summed E-state index contributed by atoms with van der Waals surface area (Å²) in [6, 6.07) is -1.36. The Kier molecular flexibility index (Phi) is 10.0. The van der Waals surface area contributed by atoms with E-state index in [0.717, 1.165) is 12.8 Å². The number of unbranched alkanes of at least 4 members (excludes halogenated alkanes) is 5. The average Bonchev–Trinajstić information content (AvgIpc) is 2.30. The van der Waals surface area contributed by atoms with Crippen molar-refractivity contribution in [3.63, 3.8) is 0 Å². The molecule has 4 amide bonds. The average molecular weight is 245 g/mol. The summed E-state index contributed by atoms with van der Waals surface area (Å²) in [5, 5.41) is 0. The zero-order chi connectivity index (χ0) is 12.9. The van der Waals surface area contributed by atoms with Crippen LogP contribution >= 0.6 is 0 Å². The molecule has 100 valence electrons. The van der Waals surface area contributed by atoms with Crippen molar-refractivity contribution in [1.29, 1.82) is 0 Å². The molecule has 0 heterocycles. The predicted molar refractivity (Wildman–Crippen MR) is 65.8 cm³/mol. The van der Waals surface area contributed by atoms with Crippen LogP contribution < -0.4 is 27.4 Å². The molecule has 0 spiro atoms. The Bertz CT molecular complexity index is 223. The van der Waals surface area contributed by atoms with Crippen molar-refractivity contribution < 1.29 is 9.59 Å². The van der Waals surface area contributed by atoms with Crippen LogP contribution in [0.3, 0.4) is 0 Å². The highest BCUT2D eigenvalue weighted by molar-refractivity contribution is 5.78. The van der Waals surface area contributed by atoms with Crippen molar-refractivity contribution in [2.45, 2.75) is 45.4 Å². The van der Waals surface area contributed by atoms with Gasteiger partial charge in [-0.25, -0.2) is 25.9 Å². The number of hydrazine groups is 2. The van der Waals surface area contributed by atoms with Crippen molar-refractivity contribution in [3.05, 3.63) is 0 Å². The van der Waals surface area contributed by atoms with E-state index in [-0.39, 0.29) is 0 Å². The summed E-state index contributed by atoms with van der Waals surface area (Å²) in [5.41, 5.74) is 13.9. The summed E-state index contributed by atoms with van der Waals surface area (Å²) in [6.07, 6.45) is 7.18. The van der Waals surface area contributed by atoms with Gasteiger partial charge in [-0.1, -0.05) is 39.0 Å². The molecule has 7 heteroatoms. The zero-order valence-electron chi connectivity index (χ0n) is 10.3. The molecule has 0 saturated heterocycles. The molecule has 0 atom stereocenters. The number of amides is 4. The third kappa shape index (κ3) is 12.4. The molecule has 0 rings (SSSR count). The van der Waals surface area contributed by atoms with E-state index < -0.39 is 12.1 Å². The first kappa shape index (κ1) is 15.5. The molecule has 17 heavy (non-hydrogen) atoms. The second kappa shape index (κ2) is 11.0. The summed E-state index contributed by atoms with van der Waals surface area (Å²) in [7, 11) is 0. The van der Waals surface area contributed by atoms with E-state index in [1.807, 2.05) is 5.43 Å². The second-order valence-electron chi connectivity index (χ2n) is 3.76. The molecule has 7 nitrogen and oxygen atoms in total. The molecule has 0 bridgehead atoms. The van der Waals surface area contributed by atoms with Crippen molar-refractivity contribution in [3.8, 4) is 0 Å². The minimum Gasteiger partial charge on any atom is -0.350 e. The molecule has 6 N–H and O–H groups in total. The van der Waals surface area contributed by atoms with Gasteiger partial charge in [0.15, 0.2) is 0 Å². The summed E-state index contributed by atoms with van der Waals surface area (Å²) in [6.45, 7) is 2.89. The van der Waals surface area contributed by atoms with Gasteiger partial charge in [0, 0.05) is 6.54 Å². The number of hydrogen-bond donors (Lipinski definition) is 5. The lowest BCUT2D eigenvalue weighted by atomic mass is 10.1. The number of rotatable bonds is 8. The fourth-order valence-corrected chi connectivity index (χ4v) is 1.29. The van der Waals surface area contributed by atoms with Crippen LogP contribution in [0.1, 0.15) is 45.4 Å². The van der Waals surface area contributed by atoms with Gasteiger partial charge in [0.1, 0.15) is 0 Å². The van der Waals surface area contributed by atoms with Gasteiger partial charge in [0.2, 0.25) is 0 Å². The molecule has 0 aliphatic carbocycles. The minimum absolute atomic E-state index is 0.546. The Hall–Kier alpha value is -1.50. The largest absolute Gasteiger partial charge is 0.350 e. The molecule has 0 radical (unpaired) electrons. The third-order valence-electron chi connectivity index (χ3n) is 2.16. The number of urea groups is 2. The number of nitrogens with two attached hydrogens (primary N) is 1. The fourth-order valence-electron chi connectivity index (χ4n) is 1.29. The Morgan fingerprint density at radius 1 is 0.941 bits per heavy atom. The van der Waals surface area contributed by atoms with Crippen LogP contribution in [-0.4, -0.2) is 18.6 Å². The van der Waals surface area contributed by atoms with Crippen LogP contribution in [0.15, 0.2) is 0 Å². The maximum absolute atomic E-state index is 11.0. The van der Waals surface area contributed by atoms with Gasteiger partial charge in [-0.2, -0.15) is 0 Å². The number of carbonyl (C=O) groups is 2. The van der Waals surface area contributed by atoms with E-state index in [1.54, 1.807) is 0 Å². The zero-order valence-corrected chi connectivity index (χ0v) is 10.3. The van der Waals surface area contributed by atoms with Crippen molar-refractivity contribution in [2.24, 2.45) is 5.73 Å². The highest BCUT2D eigenvalue weighted by Crippen LogP contribution is 2.03. The first-order valence-corrected chi connectivity index (χ1v) is 6.01. The molecular weight excluding hydrogens is 222 g/mol. The molecule has 0 saturated carbocycles. The SMILES string of the molecule is CCCCCCCCNNC(=O)NNC(N)=O. The van der Waals surface area contributed by atoms with E-state index in [2.05, 4.69) is 23.2 Å². The van der Waals surface area contributed by atoms with E-state index in [0.29, 0.717) is 6.54 Å². The van der Waals surface area contributed by atoms with Gasteiger partial charge in [0.05, 0.1) is 0 Å². The van der Waals surface area contributed by atoms with Crippen LogP contribution in [0.25, 0.3) is 0 Å². The lowest BCUT2D eigenvalue weighted by molar-refractivity contribution is 0.225. The molecule has 0 aromatic heterocycles. The molecule has 0 aliphatic heterocycles. The van der Waals surface area contributed by atoms with Crippen LogP contribution in [0.4, 0.5) is 9.59 Å². The maximum atomic E-state index is 11.0. The van der Waals surface area contributed by atoms with Gasteiger partial charge < -0.3 is 5.73 Å². The van der Waals surface area contributed by atoms with Gasteiger partial charge in [-0.15, -0.1) is 0 Å². The Morgan fingerprint density at radius 3 is 2.24 bits per heavy atom. The summed E-state index contributed by atoms with van der Waals surface area (Å²) in [4.78, 5) is 21.2. The monoisotopic (exact) mass is 245 g/mol. The molecule has 0 aliphatic rings. The predicted octanol–water partition coefficient (Wildman–Crippen LogP) is 0.734. The Morgan fingerprint density at radius 2 is 1.59 bits per heavy atom. The van der Waals surface area contributed by atoms with E-state index in [1.165, 1.54) is 25.7 Å². The van der Waals surface area contributed by atoms with E-state index >= 15 is 0 Å². The quantitative estimate of drug-likeness (QED) is 0.321. The van der Waals surface area contributed by atoms with Gasteiger partial charge >= 0.3 is 12.1 Å². The smallest absolute Gasteiger partial charge is 0.347 e. The van der Waals surface area contributed by atoms with Crippen molar-refractivity contribution >= 4 is 12.1 Å². The molecule has 0 aromatic carbocycles.